The highest BCUT2D eigenvalue weighted by molar-refractivity contribution is 5.76. The minimum Gasteiger partial charge on any atom is -0.394 e. The van der Waals surface area contributed by atoms with Gasteiger partial charge in [-0.15, -0.1) is 0 Å². The average molecular weight is 326 g/mol. The van der Waals surface area contributed by atoms with E-state index in [2.05, 4.69) is 9.47 Å². The maximum atomic E-state index is 11.3. The SMILES string of the molecule is CC(O)C(=O)OC(O)(COCCOCCO)OC(=O)C(C)O. The first-order valence-electron chi connectivity index (χ1n) is 6.52. The molecule has 0 aromatic carbocycles. The monoisotopic (exact) mass is 326 g/mol. The fourth-order valence-electron chi connectivity index (χ4n) is 1.05. The number of carbonyl (C=O) groups is 2. The molecule has 10 heteroatoms. The Hall–Kier alpha value is -1.30. The third-order valence-electron chi connectivity index (χ3n) is 2.09. The number of ether oxygens (including phenoxy) is 4. The number of aliphatic hydroxyl groups is 4. The predicted octanol–water partition coefficient (Wildman–Crippen LogP) is -2.49. The Kier molecular flexibility index (Phi) is 9.81. The zero-order valence-electron chi connectivity index (χ0n) is 12.4. The zero-order valence-corrected chi connectivity index (χ0v) is 12.4. The van der Waals surface area contributed by atoms with E-state index in [-0.39, 0.29) is 26.4 Å². The average Bonchev–Trinajstić information content (AvgIpc) is 2.42. The van der Waals surface area contributed by atoms with Gasteiger partial charge < -0.3 is 39.4 Å². The molecule has 0 amide bonds. The van der Waals surface area contributed by atoms with Gasteiger partial charge in [0.1, 0.15) is 12.2 Å². The number of hydrogen-bond acceptors (Lipinski definition) is 10. The second-order valence-corrected chi connectivity index (χ2v) is 4.30. The van der Waals surface area contributed by atoms with Crippen LogP contribution >= 0.6 is 0 Å². The van der Waals surface area contributed by atoms with Crippen molar-refractivity contribution in [1.82, 2.24) is 0 Å². The number of carbonyl (C=O) groups excluding carboxylic acids is 2. The van der Waals surface area contributed by atoms with E-state index in [1.807, 2.05) is 0 Å². The summed E-state index contributed by atoms with van der Waals surface area (Å²) in [6, 6.07) is 0. The van der Waals surface area contributed by atoms with Gasteiger partial charge in [0.05, 0.1) is 26.4 Å². The zero-order chi connectivity index (χ0) is 17.2. The van der Waals surface area contributed by atoms with Gasteiger partial charge >= 0.3 is 17.9 Å². The number of aliphatic hydroxyl groups excluding tert-OH is 3. The highest BCUT2D eigenvalue weighted by atomic mass is 16.9. The van der Waals surface area contributed by atoms with Gasteiger partial charge in [-0.25, -0.2) is 9.59 Å². The first-order chi connectivity index (χ1) is 10.2. The lowest BCUT2D eigenvalue weighted by molar-refractivity contribution is -0.345. The third-order valence-corrected chi connectivity index (χ3v) is 2.09. The molecule has 0 fully saturated rings. The van der Waals surface area contributed by atoms with Crippen LogP contribution in [-0.4, -0.2) is 83.6 Å². The molecule has 0 saturated heterocycles. The summed E-state index contributed by atoms with van der Waals surface area (Å²) in [5.74, 6) is -5.29. The Morgan fingerprint density at radius 1 is 0.955 bits per heavy atom. The molecular weight excluding hydrogens is 304 g/mol. The van der Waals surface area contributed by atoms with Crippen LogP contribution < -0.4 is 0 Å². The summed E-state index contributed by atoms with van der Waals surface area (Å²) in [5.41, 5.74) is 0. The maximum absolute atomic E-state index is 11.3. The Morgan fingerprint density at radius 3 is 1.82 bits per heavy atom. The highest BCUT2D eigenvalue weighted by Crippen LogP contribution is 2.13. The Bertz CT molecular complexity index is 319. The first-order valence-corrected chi connectivity index (χ1v) is 6.52. The third kappa shape index (κ3) is 8.87. The van der Waals surface area contributed by atoms with E-state index < -0.39 is 36.7 Å². The fourth-order valence-corrected chi connectivity index (χ4v) is 1.05. The van der Waals surface area contributed by atoms with E-state index in [9.17, 15) is 14.7 Å². The van der Waals surface area contributed by atoms with Gasteiger partial charge in [0, 0.05) is 0 Å². The molecule has 0 bridgehead atoms. The van der Waals surface area contributed by atoms with Gasteiger partial charge in [0.15, 0.2) is 6.61 Å². The van der Waals surface area contributed by atoms with Crippen LogP contribution in [0, 0.1) is 0 Å². The quantitative estimate of drug-likeness (QED) is 0.182. The number of esters is 2. The molecule has 0 radical (unpaired) electrons. The predicted molar refractivity (Wildman–Crippen MR) is 69.2 cm³/mol. The topological polar surface area (TPSA) is 152 Å². The van der Waals surface area contributed by atoms with Gasteiger partial charge in [-0.1, -0.05) is 0 Å². The van der Waals surface area contributed by atoms with Gasteiger partial charge in [0.2, 0.25) is 0 Å². The fraction of sp³-hybridized carbons (Fsp3) is 0.833. The second kappa shape index (κ2) is 10.4. The lowest BCUT2D eigenvalue weighted by atomic mass is 10.4. The number of rotatable bonds is 11. The molecule has 22 heavy (non-hydrogen) atoms. The standard InChI is InChI=1S/C12H22O10/c1-8(14)10(16)21-12(18,22-11(17)9(2)15)7-20-6-5-19-4-3-13/h8-9,13-15,18H,3-7H2,1-2H3. The largest absolute Gasteiger partial charge is 0.398 e. The highest BCUT2D eigenvalue weighted by Gasteiger charge is 2.39. The van der Waals surface area contributed by atoms with Crippen molar-refractivity contribution in [3.05, 3.63) is 0 Å². The Balaban J connectivity index is 4.51. The molecule has 0 spiro atoms. The molecule has 0 aromatic rings. The summed E-state index contributed by atoms with van der Waals surface area (Å²) in [6.45, 7) is 1.37. The van der Waals surface area contributed by atoms with Crippen LogP contribution in [0.5, 0.6) is 0 Å². The maximum Gasteiger partial charge on any atom is 0.398 e. The van der Waals surface area contributed by atoms with Crippen LogP contribution in [0.3, 0.4) is 0 Å². The van der Waals surface area contributed by atoms with Crippen molar-refractivity contribution in [3.8, 4) is 0 Å². The Labute approximate surface area is 127 Å². The summed E-state index contributed by atoms with van der Waals surface area (Å²) >= 11 is 0. The molecule has 0 aliphatic carbocycles. The minimum atomic E-state index is -2.79. The molecule has 0 rings (SSSR count). The van der Waals surface area contributed by atoms with E-state index in [1.165, 1.54) is 0 Å². The minimum absolute atomic E-state index is 0.0548. The van der Waals surface area contributed by atoms with Crippen molar-refractivity contribution in [1.29, 1.82) is 0 Å². The van der Waals surface area contributed by atoms with Crippen LogP contribution in [-0.2, 0) is 28.5 Å². The van der Waals surface area contributed by atoms with E-state index in [0.29, 0.717) is 0 Å². The smallest absolute Gasteiger partial charge is 0.394 e. The summed E-state index contributed by atoms with van der Waals surface area (Å²) < 4.78 is 18.7. The van der Waals surface area contributed by atoms with Gasteiger partial charge in [-0.2, -0.15) is 0 Å². The summed E-state index contributed by atoms with van der Waals surface area (Å²) in [6.07, 6.45) is -3.13. The van der Waals surface area contributed by atoms with Gasteiger partial charge in [-0.3, -0.25) is 0 Å². The van der Waals surface area contributed by atoms with Crippen LogP contribution in [0.15, 0.2) is 0 Å². The van der Waals surface area contributed by atoms with Crippen molar-refractivity contribution in [2.75, 3.05) is 33.0 Å². The van der Waals surface area contributed by atoms with Crippen LogP contribution in [0.25, 0.3) is 0 Å². The van der Waals surface area contributed by atoms with E-state index in [4.69, 9.17) is 24.8 Å². The van der Waals surface area contributed by atoms with Gasteiger partial charge in [0.25, 0.3) is 0 Å². The normalized spacial score (nSPS) is 16.5. The molecule has 130 valence electrons. The van der Waals surface area contributed by atoms with Crippen LogP contribution in [0.1, 0.15) is 13.8 Å². The lowest BCUT2D eigenvalue weighted by Crippen LogP contribution is -2.47. The molecule has 0 aliphatic rings. The van der Waals surface area contributed by atoms with Crippen LogP contribution in [0.4, 0.5) is 0 Å². The summed E-state index contributed by atoms with van der Waals surface area (Å²) in [5, 5.41) is 36.5. The molecule has 0 saturated carbocycles. The molecule has 0 heterocycles. The van der Waals surface area contributed by atoms with Crippen LogP contribution in [0.2, 0.25) is 0 Å². The second-order valence-electron chi connectivity index (χ2n) is 4.30. The lowest BCUT2D eigenvalue weighted by Gasteiger charge is -2.27. The van der Waals surface area contributed by atoms with E-state index in [0.717, 1.165) is 13.8 Å². The first kappa shape index (κ1) is 20.7. The Morgan fingerprint density at radius 2 is 1.41 bits per heavy atom. The number of hydrogen-bond donors (Lipinski definition) is 4. The van der Waals surface area contributed by atoms with E-state index in [1.54, 1.807) is 0 Å². The van der Waals surface area contributed by atoms with Crippen molar-refractivity contribution in [2.24, 2.45) is 0 Å². The summed E-state index contributed by atoms with van der Waals surface area (Å²) in [7, 11) is 0. The molecule has 0 aliphatic heterocycles. The molecule has 2 unspecified atom stereocenters. The molecule has 0 aromatic heterocycles. The molecule has 2 atom stereocenters. The van der Waals surface area contributed by atoms with Crippen molar-refractivity contribution in [3.63, 3.8) is 0 Å². The molecule has 10 nitrogen and oxygen atoms in total. The van der Waals surface area contributed by atoms with Crippen molar-refractivity contribution in [2.45, 2.75) is 32.0 Å². The van der Waals surface area contributed by atoms with Crippen molar-refractivity contribution >= 4 is 11.9 Å². The van der Waals surface area contributed by atoms with E-state index >= 15 is 0 Å². The molecular formula is C12H22O10. The molecule has 4 N–H and O–H groups in total. The van der Waals surface area contributed by atoms with Gasteiger partial charge in [-0.05, 0) is 13.8 Å². The summed E-state index contributed by atoms with van der Waals surface area (Å²) in [4.78, 5) is 22.6. The van der Waals surface area contributed by atoms with Crippen molar-refractivity contribution < 1.29 is 49.0 Å².